The number of nitrogens with one attached hydrogen (secondary N) is 1. The van der Waals surface area contributed by atoms with Crippen LogP contribution in [-0.2, 0) is 19.6 Å². The number of aliphatic carboxylic acids is 1. The number of carbonyl (C=O) groups excluding carboxylic acids is 1. The maximum atomic E-state index is 12.7. The van der Waals surface area contributed by atoms with Crippen molar-refractivity contribution in [1.29, 1.82) is 0 Å². The summed E-state index contributed by atoms with van der Waals surface area (Å²) in [7, 11) is -3.64. The van der Waals surface area contributed by atoms with Crippen LogP contribution in [0.2, 0.25) is 0 Å². The van der Waals surface area contributed by atoms with Gasteiger partial charge in [0.2, 0.25) is 15.9 Å². The molecule has 3 rings (SSSR count). The van der Waals surface area contributed by atoms with E-state index in [1.807, 2.05) is 0 Å². The van der Waals surface area contributed by atoms with Crippen molar-refractivity contribution in [3.05, 3.63) is 30.3 Å². The first-order chi connectivity index (χ1) is 11.3. The van der Waals surface area contributed by atoms with E-state index in [4.69, 9.17) is 5.11 Å². The van der Waals surface area contributed by atoms with E-state index in [0.717, 1.165) is 0 Å². The summed E-state index contributed by atoms with van der Waals surface area (Å²) in [6, 6.07) is 8.12. The van der Waals surface area contributed by atoms with Gasteiger partial charge >= 0.3 is 5.97 Å². The van der Waals surface area contributed by atoms with Gasteiger partial charge in [-0.25, -0.2) is 13.2 Å². The Morgan fingerprint density at radius 1 is 1.21 bits per heavy atom. The highest BCUT2D eigenvalue weighted by Crippen LogP contribution is 2.36. The molecule has 1 saturated carbocycles. The minimum Gasteiger partial charge on any atom is -0.480 e. The number of carboxylic acids is 1. The van der Waals surface area contributed by atoms with Crippen LogP contribution in [0.3, 0.4) is 0 Å². The summed E-state index contributed by atoms with van der Waals surface area (Å²) >= 11 is 0. The fourth-order valence-corrected chi connectivity index (χ4v) is 4.52. The molecule has 1 aliphatic heterocycles. The molecule has 0 aromatic heterocycles. The van der Waals surface area contributed by atoms with E-state index in [1.54, 1.807) is 18.2 Å². The van der Waals surface area contributed by atoms with Gasteiger partial charge in [-0.1, -0.05) is 18.2 Å². The van der Waals surface area contributed by atoms with Crippen molar-refractivity contribution in [2.24, 2.45) is 5.92 Å². The summed E-state index contributed by atoms with van der Waals surface area (Å²) in [5.74, 6) is -1.92. The van der Waals surface area contributed by atoms with Gasteiger partial charge in [0.05, 0.1) is 10.8 Å². The molecule has 1 saturated heterocycles. The van der Waals surface area contributed by atoms with Gasteiger partial charge < -0.3 is 10.4 Å². The summed E-state index contributed by atoms with van der Waals surface area (Å²) < 4.78 is 26.6. The Kier molecular flexibility index (Phi) is 4.35. The van der Waals surface area contributed by atoms with E-state index in [-0.39, 0.29) is 17.3 Å². The zero-order valence-electron chi connectivity index (χ0n) is 13.1. The second-order valence-corrected chi connectivity index (χ2v) is 8.33. The molecule has 2 fully saturated rings. The first-order valence-electron chi connectivity index (χ1n) is 7.96. The van der Waals surface area contributed by atoms with Crippen LogP contribution in [0.15, 0.2) is 35.2 Å². The topological polar surface area (TPSA) is 104 Å². The van der Waals surface area contributed by atoms with Gasteiger partial charge in [0, 0.05) is 13.1 Å². The lowest BCUT2D eigenvalue weighted by Gasteiger charge is -2.31. The van der Waals surface area contributed by atoms with Crippen molar-refractivity contribution >= 4 is 21.9 Å². The Balaban J connectivity index is 1.71. The maximum absolute atomic E-state index is 12.7. The van der Waals surface area contributed by atoms with E-state index >= 15 is 0 Å². The normalized spacial score (nSPS) is 23.4. The summed E-state index contributed by atoms with van der Waals surface area (Å²) in [5, 5.41) is 11.7. The molecular weight excluding hydrogens is 332 g/mol. The Bertz CT molecular complexity index is 743. The molecule has 1 aromatic carbocycles. The molecule has 1 aromatic rings. The van der Waals surface area contributed by atoms with Crippen molar-refractivity contribution in [2.75, 3.05) is 13.1 Å². The Labute approximate surface area is 140 Å². The lowest BCUT2D eigenvalue weighted by molar-refractivity contribution is -0.144. The minimum atomic E-state index is -3.64. The number of piperidine rings is 1. The number of amides is 1. The van der Waals surface area contributed by atoms with Crippen molar-refractivity contribution < 1.29 is 23.1 Å². The van der Waals surface area contributed by atoms with E-state index in [9.17, 15) is 18.0 Å². The van der Waals surface area contributed by atoms with Gasteiger partial charge in [-0.05, 0) is 37.8 Å². The van der Waals surface area contributed by atoms with E-state index in [1.165, 1.54) is 16.4 Å². The standard InChI is InChI=1S/C16H20N2O5S/c19-14(17-16(8-9-16)15(20)21)12-5-4-10-18(11-12)24(22,23)13-6-2-1-3-7-13/h1-3,6-7,12H,4-5,8-11H2,(H,17,19)(H,20,21). The molecule has 8 heteroatoms. The Hall–Kier alpha value is -1.93. The Morgan fingerprint density at radius 2 is 1.88 bits per heavy atom. The average molecular weight is 352 g/mol. The summed E-state index contributed by atoms with van der Waals surface area (Å²) in [5.41, 5.74) is -1.14. The predicted octanol–water partition coefficient (Wildman–Crippen LogP) is 0.821. The number of rotatable bonds is 5. The third-order valence-electron chi connectivity index (χ3n) is 4.66. The molecule has 130 valence electrons. The molecule has 1 atom stereocenters. The molecular formula is C16H20N2O5S. The highest BCUT2D eigenvalue weighted by atomic mass is 32.2. The van der Waals surface area contributed by atoms with Crippen LogP contribution in [0.4, 0.5) is 0 Å². The van der Waals surface area contributed by atoms with E-state index < -0.39 is 27.4 Å². The minimum absolute atomic E-state index is 0.0821. The van der Waals surface area contributed by atoms with Crippen LogP contribution in [0.1, 0.15) is 25.7 Å². The number of sulfonamides is 1. The molecule has 7 nitrogen and oxygen atoms in total. The number of hydrogen-bond donors (Lipinski definition) is 2. The van der Waals surface area contributed by atoms with Gasteiger partial charge in [0.1, 0.15) is 5.54 Å². The predicted molar refractivity (Wildman–Crippen MR) is 85.7 cm³/mol. The van der Waals surface area contributed by atoms with Crippen LogP contribution in [-0.4, -0.2) is 48.3 Å². The molecule has 0 bridgehead atoms. The van der Waals surface area contributed by atoms with Gasteiger partial charge in [0.25, 0.3) is 0 Å². The first-order valence-corrected chi connectivity index (χ1v) is 9.40. The second kappa shape index (κ2) is 6.18. The molecule has 1 unspecified atom stereocenters. The van der Waals surface area contributed by atoms with Crippen molar-refractivity contribution in [2.45, 2.75) is 36.1 Å². The molecule has 2 aliphatic rings. The van der Waals surface area contributed by atoms with Crippen LogP contribution < -0.4 is 5.32 Å². The van der Waals surface area contributed by atoms with Crippen molar-refractivity contribution in [3.63, 3.8) is 0 Å². The fraction of sp³-hybridized carbons (Fsp3) is 0.500. The molecule has 24 heavy (non-hydrogen) atoms. The molecule has 1 amide bonds. The molecule has 1 heterocycles. The van der Waals surface area contributed by atoms with Crippen LogP contribution in [0, 0.1) is 5.92 Å². The van der Waals surface area contributed by atoms with Crippen molar-refractivity contribution in [3.8, 4) is 0 Å². The molecule has 0 spiro atoms. The first kappa shape index (κ1) is 16.9. The quantitative estimate of drug-likeness (QED) is 0.816. The van der Waals surface area contributed by atoms with Gasteiger partial charge in [-0.3, -0.25) is 4.79 Å². The van der Waals surface area contributed by atoms with Gasteiger partial charge in [0.15, 0.2) is 0 Å². The number of benzene rings is 1. The van der Waals surface area contributed by atoms with E-state index in [0.29, 0.717) is 32.2 Å². The second-order valence-electron chi connectivity index (χ2n) is 6.39. The Morgan fingerprint density at radius 3 is 2.46 bits per heavy atom. The maximum Gasteiger partial charge on any atom is 0.329 e. The molecule has 2 N–H and O–H groups in total. The molecule has 0 radical (unpaired) electrons. The monoisotopic (exact) mass is 352 g/mol. The molecule has 1 aliphatic carbocycles. The summed E-state index contributed by atoms with van der Waals surface area (Å²) in [6.07, 6.45) is 1.98. The van der Waals surface area contributed by atoms with Crippen LogP contribution >= 0.6 is 0 Å². The summed E-state index contributed by atoms with van der Waals surface area (Å²) in [4.78, 5) is 23.8. The number of nitrogens with zero attached hydrogens (tertiary/aromatic N) is 1. The lowest BCUT2D eigenvalue weighted by Crippen LogP contribution is -2.50. The SMILES string of the molecule is O=C(NC1(C(=O)O)CC1)C1CCCN(S(=O)(=O)c2ccccc2)C1. The smallest absolute Gasteiger partial charge is 0.329 e. The third kappa shape index (κ3) is 3.16. The van der Waals surface area contributed by atoms with Crippen LogP contribution in [0.5, 0.6) is 0 Å². The highest BCUT2D eigenvalue weighted by molar-refractivity contribution is 7.89. The van der Waals surface area contributed by atoms with Crippen LogP contribution in [0.25, 0.3) is 0 Å². The highest BCUT2D eigenvalue weighted by Gasteiger charge is 2.52. The number of carboxylic acid groups (broad SMARTS) is 1. The van der Waals surface area contributed by atoms with Gasteiger partial charge in [-0.2, -0.15) is 4.31 Å². The zero-order chi connectivity index (χ0) is 17.4. The largest absolute Gasteiger partial charge is 0.480 e. The van der Waals surface area contributed by atoms with Crippen molar-refractivity contribution in [1.82, 2.24) is 9.62 Å². The third-order valence-corrected chi connectivity index (χ3v) is 6.54. The lowest BCUT2D eigenvalue weighted by atomic mass is 9.98. The number of carbonyl (C=O) groups is 2. The van der Waals surface area contributed by atoms with Gasteiger partial charge in [-0.15, -0.1) is 0 Å². The number of hydrogen-bond acceptors (Lipinski definition) is 4. The summed E-state index contributed by atoms with van der Waals surface area (Å²) in [6.45, 7) is 0.448. The fourth-order valence-electron chi connectivity index (χ4n) is 2.97. The zero-order valence-corrected chi connectivity index (χ0v) is 14.0. The average Bonchev–Trinajstić information content (AvgIpc) is 3.37. The van der Waals surface area contributed by atoms with E-state index in [2.05, 4.69) is 5.32 Å².